The maximum absolute atomic E-state index is 13.8. The Morgan fingerprint density at radius 1 is 0.746 bits per heavy atom. The van der Waals surface area contributed by atoms with Crippen LogP contribution < -0.4 is 5.32 Å². The van der Waals surface area contributed by atoms with Gasteiger partial charge in [0.2, 0.25) is 5.91 Å². The van der Waals surface area contributed by atoms with Crippen molar-refractivity contribution in [2.45, 2.75) is 131 Å². The van der Waals surface area contributed by atoms with Crippen molar-refractivity contribution in [3.8, 4) is 0 Å². The van der Waals surface area contributed by atoms with Crippen LogP contribution in [0.4, 0.5) is 0 Å². The van der Waals surface area contributed by atoms with Gasteiger partial charge in [0.1, 0.15) is 0 Å². The van der Waals surface area contributed by atoms with E-state index in [4.69, 9.17) is 67.6 Å². The summed E-state index contributed by atoms with van der Waals surface area (Å²) in [7, 11) is 6.62. The molecule has 5 aliphatic rings. The van der Waals surface area contributed by atoms with Crippen LogP contribution in [0.2, 0.25) is 0 Å². The molecule has 5 rings (SSSR count). The molecule has 19 nitrogen and oxygen atoms in total. The summed E-state index contributed by atoms with van der Waals surface area (Å²) >= 11 is 0. The number of nitrogens with zero attached hydrogens (tertiary/aromatic N) is 6. The molecule has 8 atom stereocenters. The molecule has 0 aromatic heterocycles. The Kier molecular flexibility index (Phi) is 21.7. The van der Waals surface area contributed by atoms with Gasteiger partial charge in [-0.15, -0.1) is 0 Å². The Balaban J connectivity index is 0.00000337. The first-order valence-electron chi connectivity index (χ1n) is 23.2. The third kappa shape index (κ3) is 12.2. The summed E-state index contributed by atoms with van der Waals surface area (Å²) in [6, 6.07) is -0.850. The molecule has 0 aromatic rings. The molecule has 1 amide bonds. The predicted octanol–water partition coefficient (Wildman–Crippen LogP) is 6.27. The van der Waals surface area contributed by atoms with E-state index in [1.165, 1.54) is 35.5 Å². The summed E-state index contributed by atoms with van der Waals surface area (Å²) in [6.45, 7) is 25.1. The molecule has 0 spiro atoms. The number of methoxy groups -OCH3 is 5. The van der Waals surface area contributed by atoms with E-state index < -0.39 is 69.0 Å². The van der Waals surface area contributed by atoms with Gasteiger partial charge in [0.15, 0.2) is 0 Å². The molecule has 20 heteroatoms. The zero-order chi connectivity index (χ0) is 53.2. The SMILES string of the molecule is COC(=O)CC[C@@H]1C2=NC(=C\C3=NC(=C(/C)C4=N[C@@](C)(C5[N-]/C(=C\2C)[C@](C)(CCC(=O)OC)[C@H]5CC(=O)OC)[C@@](C)(CC(=O)OC)[C@@H]4CCC(=O)OC)/[C@@](C)(CC(=O)NCCO)C3)/C1(C)C.[C-]#N.[C-]#N.[Co+3]. The van der Waals surface area contributed by atoms with E-state index >= 15 is 0 Å². The van der Waals surface area contributed by atoms with Crippen molar-refractivity contribution in [2.24, 2.45) is 54.4 Å². The number of rotatable bonds is 17. The normalized spacial score (nSPS) is 31.4. The zero-order valence-electron chi connectivity index (χ0n) is 43.3. The van der Waals surface area contributed by atoms with E-state index in [2.05, 4.69) is 19.2 Å². The third-order valence-corrected chi connectivity index (χ3v) is 15.6. The van der Waals surface area contributed by atoms with E-state index in [1.54, 1.807) is 0 Å². The molecule has 71 heavy (non-hydrogen) atoms. The molecule has 5 heterocycles. The van der Waals surface area contributed by atoms with E-state index in [1.807, 2.05) is 47.6 Å². The summed E-state index contributed by atoms with van der Waals surface area (Å²) < 4.78 is 26.2. The number of aliphatic imine (C=N–C) groups is 3. The molecular formula is C51H70CoN7O12. The van der Waals surface area contributed by atoms with Crippen LogP contribution in [-0.4, -0.2) is 118 Å². The Hall–Kier alpha value is -5.70. The van der Waals surface area contributed by atoms with Crippen molar-refractivity contribution in [3.05, 3.63) is 52.8 Å². The number of amides is 1. The van der Waals surface area contributed by atoms with Crippen LogP contribution in [0, 0.1) is 63.1 Å². The fraction of sp³-hybridized carbons (Fsp3) is 0.667. The Bertz CT molecular complexity index is 2290. The number of ether oxygens (including phenoxy) is 5. The average molecular weight is 1030 g/mol. The fourth-order valence-electron chi connectivity index (χ4n) is 11.5. The average Bonchev–Trinajstić information content (AvgIpc) is 3.98. The molecule has 5 aliphatic heterocycles. The van der Waals surface area contributed by atoms with Crippen molar-refractivity contribution < 1.29 is 74.3 Å². The minimum Gasteiger partial charge on any atom is -0.682 e. The van der Waals surface area contributed by atoms with E-state index in [0.29, 0.717) is 58.2 Å². The first-order valence-corrected chi connectivity index (χ1v) is 23.2. The van der Waals surface area contributed by atoms with Gasteiger partial charge in [-0.05, 0) is 68.6 Å². The van der Waals surface area contributed by atoms with Crippen LogP contribution in [0.3, 0.4) is 0 Å². The number of carbonyl (C=O) groups excluding carboxylic acids is 6. The van der Waals surface area contributed by atoms with Gasteiger partial charge in [0.05, 0.1) is 59.8 Å². The number of esters is 5. The van der Waals surface area contributed by atoms with Crippen molar-refractivity contribution in [1.82, 2.24) is 5.32 Å². The van der Waals surface area contributed by atoms with E-state index in [-0.39, 0.29) is 99.1 Å². The van der Waals surface area contributed by atoms with Gasteiger partial charge in [-0.2, -0.15) is 5.70 Å². The first-order chi connectivity index (χ1) is 32.9. The topological polar surface area (TPSA) is 280 Å². The summed E-state index contributed by atoms with van der Waals surface area (Å²) in [6.07, 6.45) is 2.87. The molecule has 0 aromatic carbocycles. The summed E-state index contributed by atoms with van der Waals surface area (Å²) in [5.74, 6) is -4.24. The summed E-state index contributed by atoms with van der Waals surface area (Å²) in [5, 5.41) is 30.5. The molecule has 390 valence electrons. The Morgan fingerprint density at radius 2 is 1.28 bits per heavy atom. The number of aliphatic hydroxyl groups is 1. The van der Waals surface area contributed by atoms with Gasteiger partial charge >= 0.3 is 46.6 Å². The molecule has 0 aliphatic carbocycles. The van der Waals surface area contributed by atoms with E-state index in [9.17, 15) is 33.9 Å². The second kappa shape index (κ2) is 25.1. The number of hydrogen-bond donors (Lipinski definition) is 2. The number of allylic oxidation sites excluding steroid dienone is 6. The van der Waals surface area contributed by atoms with Gasteiger partial charge < -0.3 is 63.1 Å². The molecule has 2 N–H and O–H groups in total. The second-order valence-electron chi connectivity index (χ2n) is 19.9. The standard InChI is InChI=1S/C49H71N5O12.2CN.Co/c1-27-40-30(14-16-35(57)62-9)45(3,4)33(52-40)22-29-24-46(5,25-34(56)50-20-21-55)42(51-29)28(2)41-31(15-17-36(58)63-10)48(7,26-39(61)66-13)49(8,54-41)44-32(23-38(60)65-12)47(6,43(27)53-44)19-18-37(59)64-11;2*1-2;/h22,30-32,44,55H,14-21,23-26H2,1-13H3,(H2,50,51,52,53,54,56);;;/q;2*-1;+3/p-1/t30-,31-,32+,44?,46-,47-,48+,49+;;;/m1.../s1. The van der Waals surface area contributed by atoms with Crippen LogP contribution in [0.25, 0.3) is 5.32 Å². The largest absolute Gasteiger partial charge is 3.00 e. The Labute approximate surface area is 428 Å². The summed E-state index contributed by atoms with van der Waals surface area (Å²) in [5.41, 5.74) is 0.0987. The van der Waals surface area contributed by atoms with Gasteiger partial charge in [-0.1, -0.05) is 40.7 Å². The van der Waals surface area contributed by atoms with Crippen LogP contribution >= 0.6 is 0 Å². The second-order valence-corrected chi connectivity index (χ2v) is 19.9. The third-order valence-electron chi connectivity index (χ3n) is 15.6. The smallest absolute Gasteiger partial charge is 0.682 e. The van der Waals surface area contributed by atoms with Gasteiger partial charge in [-0.3, -0.25) is 43.7 Å². The quantitative estimate of drug-likeness (QED) is 0.0923. The zero-order valence-corrected chi connectivity index (χ0v) is 44.4. The molecule has 1 unspecified atom stereocenters. The molecule has 0 saturated carbocycles. The minimum absolute atomic E-state index is 0. The maximum atomic E-state index is 13.8. The van der Waals surface area contributed by atoms with Crippen LogP contribution in [0.1, 0.15) is 120 Å². The van der Waals surface area contributed by atoms with Gasteiger partial charge in [0.25, 0.3) is 0 Å². The van der Waals surface area contributed by atoms with E-state index in [0.717, 1.165) is 0 Å². The number of aliphatic hydroxyl groups excluding tert-OH is 1. The van der Waals surface area contributed by atoms with Crippen molar-refractivity contribution in [3.63, 3.8) is 0 Å². The van der Waals surface area contributed by atoms with Crippen molar-refractivity contribution in [2.75, 3.05) is 48.7 Å². The monoisotopic (exact) mass is 1030 g/mol. The van der Waals surface area contributed by atoms with Crippen LogP contribution in [0.15, 0.2) is 49.3 Å². The molecule has 1 fully saturated rings. The number of hydrogen-bond acceptors (Lipinski definition) is 17. The van der Waals surface area contributed by atoms with Gasteiger partial charge in [-0.25, -0.2) is 0 Å². The van der Waals surface area contributed by atoms with Crippen molar-refractivity contribution in [1.29, 1.82) is 10.5 Å². The first kappa shape index (κ1) is 61.4. The number of carbonyl (C=O) groups is 6. The molecule has 1 saturated heterocycles. The number of fused-ring (bicyclic) bond motifs is 6. The minimum atomic E-state index is -1.32. The van der Waals surface area contributed by atoms with Crippen LogP contribution in [-0.2, 0) is 69.2 Å². The van der Waals surface area contributed by atoms with Gasteiger partial charge in [0, 0.05) is 96.0 Å². The molecular weight excluding hydrogens is 962 g/mol. The van der Waals surface area contributed by atoms with Crippen molar-refractivity contribution >= 4 is 52.9 Å². The summed E-state index contributed by atoms with van der Waals surface area (Å²) in [4.78, 5) is 96.6. The maximum Gasteiger partial charge on any atom is 3.00 e. The van der Waals surface area contributed by atoms with Crippen LogP contribution in [0.5, 0.6) is 0 Å². The number of nitrogens with one attached hydrogen (secondary N) is 1. The fourth-order valence-corrected chi connectivity index (χ4v) is 11.5. The molecule has 0 radical (unpaired) electrons. The predicted molar refractivity (Wildman–Crippen MR) is 256 cm³/mol. The molecule has 8 bridgehead atoms. The Morgan fingerprint density at radius 3 is 1.82 bits per heavy atom.